The van der Waals surface area contributed by atoms with E-state index in [1.807, 2.05) is 54.6 Å². The average Bonchev–Trinajstić information content (AvgIpc) is 2.78. The van der Waals surface area contributed by atoms with Crippen molar-refractivity contribution in [2.75, 3.05) is 0 Å². The zero-order valence-corrected chi connectivity index (χ0v) is 18.6. The molecule has 0 saturated carbocycles. The van der Waals surface area contributed by atoms with Gasteiger partial charge in [0.1, 0.15) is 29.0 Å². The van der Waals surface area contributed by atoms with Crippen LogP contribution in [0.1, 0.15) is 19.8 Å². The van der Waals surface area contributed by atoms with Gasteiger partial charge in [-0.1, -0.05) is 73.7 Å². The molecule has 1 aliphatic heterocycles. The summed E-state index contributed by atoms with van der Waals surface area (Å²) in [5.41, 5.74) is -0.527. The van der Waals surface area contributed by atoms with Crippen LogP contribution in [0, 0.1) is 0 Å². The van der Waals surface area contributed by atoms with Crippen LogP contribution in [0.5, 0.6) is 0 Å². The van der Waals surface area contributed by atoms with Crippen molar-refractivity contribution in [3.05, 3.63) is 91.0 Å². The van der Waals surface area contributed by atoms with E-state index in [0.717, 1.165) is 22.3 Å². The molecule has 150 valence electrons. The van der Waals surface area contributed by atoms with Gasteiger partial charge in [-0.3, -0.25) is 4.79 Å². The zero-order valence-electron chi connectivity index (χ0n) is 16.9. The van der Waals surface area contributed by atoms with E-state index in [9.17, 15) is 4.79 Å². The molecule has 30 heavy (non-hydrogen) atoms. The lowest BCUT2D eigenvalue weighted by Crippen LogP contribution is -2.53. The van der Waals surface area contributed by atoms with Crippen LogP contribution in [0.4, 0.5) is 0 Å². The first kappa shape index (κ1) is 20.6. The molecule has 0 bridgehead atoms. The van der Waals surface area contributed by atoms with Gasteiger partial charge in [0.25, 0.3) is 5.91 Å². The Morgan fingerprint density at radius 2 is 1.27 bits per heavy atom. The van der Waals surface area contributed by atoms with Crippen LogP contribution in [0.3, 0.4) is 0 Å². The van der Waals surface area contributed by atoms with Crippen LogP contribution in [-0.2, 0) is 4.79 Å². The Morgan fingerprint density at radius 1 is 0.833 bits per heavy atom. The highest BCUT2D eigenvalue weighted by Crippen LogP contribution is 2.60. The molecule has 0 fully saturated rings. The number of carbonyl (C=O) groups excluding carboxylic acids is 1. The Kier molecular flexibility index (Phi) is 6.17. The molecular formula is C25H24N2OPS+. The summed E-state index contributed by atoms with van der Waals surface area (Å²) in [5.74, 6) is 0.624. The molecular weight excluding hydrogens is 407 g/mol. The third kappa shape index (κ3) is 3.62. The van der Waals surface area contributed by atoms with E-state index in [0.29, 0.717) is 17.2 Å². The third-order valence-electron chi connectivity index (χ3n) is 5.36. The van der Waals surface area contributed by atoms with Crippen LogP contribution in [0.2, 0.25) is 0 Å². The van der Waals surface area contributed by atoms with E-state index in [4.69, 9.17) is 17.2 Å². The van der Waals surface area contributed by atoms with Gasteiger partial charge in [-0.05, 0) is 42.8 Å². The molecule has 0 spiro atoms. The van der Waals surface area contributed by atoms with Gasteiger partial charge in [-0.25, -0.2) is 4.99 Å². The number of aliphatic imine (C=N–C) groups is 1. The smallest absolute Gasteiger partial charge is 0.274 e. The normalized spacial score (nSPS) is 16.7. The Bertz CT molecular complexity index is 971. The summed E-state index contributed by atoms with van der Waals surface area (Å²) in [5, 5.41) is 6.44. The molecule has 1 N–H and O–H groups in total. The lowest BCUT2D eigenvalue weighted by molar-refractivity contribution is -0.118. The van der Waals surface area contributed by atoms with Crippen molar-refractivity contribution in [1.29, 1.82) is 0 Å². The zero-order chi connectivity index (χ0) is 21.0. The van der Waals surface area contributed by atoms with Gasteiger partial charge in [-0.2, -0.15) is 0 Å². The molecule has 0 saturated heterocycles. The summed E-state index contributed by atoms with van der Waals surface area (Å²) in [4.78, 5) is 18.8. The van der Waals surface area contributed by atoms with E-state index in [1.54, 1.807) is 0 Å². The minimum atomic E-state index is -2.45. The van der Waals surface area contributed by atoms with Gasteiger partial charge >= 0.3 is 0 Å². The number of amidine groups is 1. The molecule has 5 heteroatoms. The maximum Gasteiger partial charge on any atom is 0.274 e. The standard InChI is InChI=1S/C25H23N2OPS/c1-2-12-22-26-24(28)23(25(30)27-22)29(19-13-6-3-7-14-19,20-15-8-4-9-16-20)21-17-10-5-11-18-21/h3-11,13-18,23H,2,12H2,1H3/p+1/t23-/m0/s1. The number of rotatable bonds is 6. The predicted octanol–water partition coefficient (Wildman–Crippen LogP) is 4.00. The maximum absolute atomic E-state index is 13.6. The monoisotopic (exact) mass is 431 g/mol. The van der Waals surface area contributed by atoms with Gasteiger partial charge in [0, 0.05) is 6.42 Å². The second kappa shape index (κ2) is 8.99. The summed E-state index contributed by atoms with van der Waals surface area (Å²) in [6, 6.07) is 30.9. The van der Waals surface area contributed by atoms with Crippen LogP contribution < -0.4 is 21.2 Å². The molecule has 1 aliphatic rings. The summed E-state index contributed by atoms with van der Waals surface area (Å²) < 4.78 is 0. The minimum absolute atomic E-state index is 0.0525. The third-order valence-corrected chi connectivity index (χ3v) is 10.5. The highest BCUT2D eigenvalue weighted by molar-refractivity contribution is 7.98. The number of nitrogens with zero attached hydrogens (tertiary/aromatic N) is 1. The molecule has 1 heterocycles. The summed E-state index contributed by atoms with van der Waals surface area (Å²) >= 11 is 5.82. The first-order valence-electron chi connectivity index (χ1n) is 10.2. The second-order valence-corrected chi connectivity index (χ2v) is 11.2. The number of benzene rings is 3. The Labute approximate surface area is 183 Å². The van der Waals surface area contributed by atoms with Gasteiger partial charge < -0.3 is 5.32 Å². The summed E-state index contributed by atoms with van der Waals surface area (Å²) in [6.45, 7) is 2.07. The molecule has 0 aliphatic carbocycles. The van der Waals surface area contributed by atoms with Crippen molar-refractivity contribution >= 4 is 52.1 Å². The molecule has 1 atom stereocenters. The number of hydrogen-bond donors (Lipinski definition) is 1. The first-order valence-corrected chi connectivity index (χ1v) is 12.4. The largest absolute Gasteiger partial charge is 0.310 e. The van der Waals surface area contributed by atoms with Crippen LogP contribution in [0.15, 0.2) is 96.0 Å². The van der Waals surface area contributed by atoms with Crippen molar-refractivity contribution < 1.29 is 4.79 Å². The van der Waals surface area contributed by atoms with E-state index >= 15 is 0 Å². The number of thiocarbonyl (C=S) groups is 1. The molecule has 3 nitrogen and oxygen atoms in total. The highest BCUT2D eigenvalue weighted by Gasteiger charge is 2.58. The highest BCUT2D eigenvalue weighted by atomic mass is 32.1. The predicted molar refractivity (Wildman–Crippen MR) is 132 cm³/mol. The number of amides is 1. The molecule has 3 aromatic carbocycles. The molecule has 1 amide bonds. The fraction of sp³-hybridized carbons (Fsp3) is 0.160. The van der Waals surface area contributed by atoms with Gasteiger partial charge in [0.15, 0.2) is 4.99 Å². The number of nitrogens with one attached hydrogen (secondary N) is 1. The SMILES string of the molecule is CCCC1=NC(=S)[C@@H]([P+](c2ccccc2)(c2ccccc2)c2ccccc2)C(=O)N1. The van der Waals surface area contributed by atoms with Crippen molar-refractivity contribution in [2.24, 2.45) is 4.99 Å². The molecule has 0 aromatic heterocycles. The molecule has 3 aromatic rings. The van der Waals surface area contributed by atoms with E-state index in [2.05, 4.69) is 48.6 Å². The van der Waals surface area contributed by atoms with Crippen molar-refractivity contribution in [1.82, 2.24) is 5.32 Å². The van der Waals surface area contributed by atoms with Gasteiger partial charge in [0.2, 0.25) is 5.66 Å². The van der Waals surface area contributed by atoms with Crippen LogP contribution in [-0.4, -0.2) is 22.4 Å². The number of hydrogen-bond acceptors (Lipinski definition) is 2. The Hall–Kier alpha value is -2.68. The summed E-state index contributed by atoms with van der Waals surface area (Å²) in [7, 11) is -2.45. The Morgan fingerprint density at radius 3 is 1.63 bits per heavy atom. The number of carbonyl (C=O) groups is 1. The quantitative estimate of drug-likeness (QED) is 0.473. The fourth-order valence-corrected chi connectivity index (χ4v) is 9.34. The van der Waals surface area contributed by atoms with E-state index < -0.39 is 12.9 Å². The first-order chi connectivity index (χ1) is 14.7. The van der Waals surface area contributed by atoms with E-state index in [1.165, 1.54) is 0 Å². The van der Waals surface area contributed by atoms with Crippen LogP contribution in [0.25, 0.3) is 0 Å². The van der Waals surface area contributed by atoms with Crippen LogP contribution >= 0.6 is 19.5 Å². The molecule has 4 rings (SSSR count). The average molecular weight is 432 g/mol. The van der Waals surface area contributed by atoms with E-state index in [-0.39, 0.29) is 5.91 Å². The molecule has 0 unspecified atom stereocenters. The second-order valence-electron chi connectivity index (χ2n) is 7.27. The molecule has 0 radical (unpaired) electrons. The summed E-state index contributed by atoms with van der Waals surface area (Å²) in [6.07, 6.45) is 1.62. The van der Waals surface area contributed by atoms with Crippen molar-refractivity contribution in [2.45, 2.75) is 25.4 Å². The van der Waals surface area contributed by atoms with Crippen molar-refractivity contribution in [3.63, 3.8) is 0 Å². The lowest BCUT2D eigenvalue weighted by Gasteiger charge is -2.35. The Balaban J connectivity index is 2.04. The topological polar surface area (TPSA) is 41.5 Å². The van der Waals surface area contributed by atoms with Gasteiger partial charge in [0.05, 0.1) is 0 Å². The van der Waals surface area contributed by atoms with Crippen molar-refractivity contribution in [3.8, 4) is 0 Å². The minimum Gasteiger partial charge on any atom is -0.310 e. The fourth-order valence-electron chi connectivity index (χ4n) is 4.13. The maximum atomic E-state index is 13.6. The van der Waals surface area contributed by atoms with Gasteiger partial charge in [-0.15, -0.1) is 0 Å². The lowest BCUT2D eigenvalue weighted by atomic mass is 10.2.